The Kier molecular flexibility index (Phi) is 21.9. The SMILES string of the molecule is CCNC(=O)[C@@H]1C[C@H](CC(C)CCCCCCCCCCCCCC(=O)N[C@H](CNC(=O)[C@@H]2C[C@H](C)CC[C@H]2C(C)C)c2ccccc2)CC[C@H]1C(C)C. The maximum absolute atomic E-state index is 13.4. The lowest BCUT2D eigenvalue weighted by atomic mass is 9.67. The fourth-order valence-corrected chi connectivity index (χ4v) is 10.00. The fourth-order valence-electron chi connectivity index (χ4n) is 10.00. The van der Waals surface area contributed by atoms with Gasteiger partial charge in [0.2, 0.25) is 17.7 Å². The lowest BCUT2D eigenvalue weighted by Crippen LogP contribution is -2.44. The Balaban J connectivity index is 1.21. The summed E-state index contributed by atoms with van der Waals surface area (Å²) >= 11 is 0. The number of unbranched alkanes of at least 4 members (excludes halogenated alkanes) is 10. The van der Waals surface area contributed by atoms with Crippen molar-refractivity contribution < 1.29 is 14.4 Å². The Morgan fingerprint density at radius 1 is 0.667 bits per heavy atom. The Labute approximate surface area is 332 Å². The number of nitrogens with one attached hydrogen (secondary N) is 3. The fraction of sp³-hybridized carbons (Fsp3) is 0.812. The standard InChI is InChI=1S/C48H83N3O3/c1-8-49-47(53)44-33-39(28-30-42(44)36(4)5)31-37(6)23-19-16-14-12-10-9-11-13-15-17-22-26-46(52)51-45(40-24-20-18-21-25-40)34-50-48(54)43-32-38(7)27-29-41(43)35(2)3/h18,20-21,24-25,35-39,41-45H,8-17,19,22-23,26-34H2,1-7H3,(H,49,53)(H,50,54)(H,51,52)/t37?,38-,39+,41+,42+,43-,44-,45-/m1/s1. The van der Waals surface area contributed by atoms with E-state index in [0.29, 0.717) is 54.4 Å². The molecule has 3 rings (SSSR count). The minimum Gasteiger partial charge on any atom is -0.356 e. The van der Waals surface area contributed by atoms with Crippen LogP contribution in [0.25, 0.3) is 0 Å². The summed E-state index contributed by atoms with van der Waals surface area (Å²) in [6.45, 7) is 17.0. The smallest absolute Gasteiger partial charge is 0.223 e. The molecule has 308 valence electrons. The maximum atomic E-state index is 13.4. The number of hydrogen-bond donors (Lipinski definition) is 3. The third-order valence-corrected chi connectivity index (χ3v) is 13.3. The molecule has 2 saturated carbocycles. The van der Waals surface area contributed by atoms with Gasteiger partial charge in [-0.3, -0.25) is 14.4 Å². The second-order valence-corrected chi connectivity index (χ2v) is 18.6. The zero-order valence-corrected chi connectivity index (χ0v) is 35.9. The minimum absolute atomic E-state index is 0.0622. The van der Waals surface area contributed by atoms with Crippen LogP contribution in [-0.2, 0) is 14.4 Å². The van der Waals surface area contributed by atoms with Crippen molar-refractivity contribution in [2.75, 3.05) is 13.1 Å². The molecule has 2 aliphatic rings. The van der Waals surface area contributed by atoms with Crippen molar-refractivity contribution in [1.82, 2.24) is 16.0 Å². The van der Waals surface area contributed by atoms with Gasteiger partial charge in [0.05, 0.1) is 6.04 Å². The van der Waals surface area contributed by atoms with E-state index in [1.807, 2.05) is 37.3 Å². The predicted molar refractivity (Wildman–Crippen MR) is 227 cm³/mol. The number of rotatable bonds is 25. The lowest BCUT2D eigenvalue weighted by Gasteiger charge is -2.38. The zero-order chi connectivity index (χ0) is 39.3. The van der Waals surface area contributed by atoms with Crippen LogP contribution in [0.5, 0.6) is 0 Å². The van der Waals surface area contributed by atoms with Crippen LogP contribution >= 0.6 is 0 Å². The summed E-state index contributed by atoms with van der Waals surface area (Å²) in [4.78, 5) is 39.2. The lowest BCUT2D eigenvalue weighted by molar-refractivity contribution is -0.130. The molecule has 54 heavy (non-hydrogen) atoms. The summed E-state index contributed by atoms with van der Waals surface area (Å²) in [6.07, 6.45) is 23.9. The topological polar surface area (TPSA) is 87.3 Å². The van der Waals surface area contributed by atoms with Gasteiger partial charge in [0.15, 0.2) is 0 Å². The second kappa shape index (κ2) is 25.7. The van der Waals surface area contributed by atoms with Gasteiger partial charge in [-0.05, 0) is 92.4 Å². The van der Waals surface area contributed by atoms with Gasteiger partial charge in [-0.15, -0.1) is 0 Å². The number of hydrogen-bond acceptors (Lipinski definition) is 3. The normalized spacial score (nSPS) is 24.2. The Morgan fingerprint density at radius 3 is 1.80 bits per heavy atom. The molecule has 0 bridgehead atoms. The molecule has 3 N–H and O–H groups in total. The summed E-state index contributed by atoms with van der Waals surface area (Å²) in [6, 6.07) is 9.88. The molecular weight excluding hydrogens is 667 g/mol. The van der Waals surface area contributed by atoms with Gasteiger partial charge in [-0.1, -0.05) is 155 Å². The van der Waals surface area contributed by atoms with Gasteiger partial charge < -0.3 is 16.0 Å². The molecule has 2 fully saturated rings. The van der Waals surface area contributed by atoms with Crippen LogP contribution in [-0.4, -0.2) is 30.8 Å². The summed E-state index contributed by atoms with van der Waals surface area (Å²) in [5.74, 6) is 4.93. The first kappa shape index (κ1) is 46.0. The van der Waals surface area contributed by atoms with E-state index in [1.54, 1.807) is 0 Å². The van der Waals surface area contributed by atoms with E-state index in [4.69, 9.17) is 0 Å². The molecule has 0 aliphatic heterocycles. The number of amides is 3. The average Bonchev–Trinajstić information content (AvgIpc) is 3.15. The van der Waals surface area contributed by atoms with Crippen LogP contribution in [0.4, 0.5) is 0 Å². The molecule has 3 amide bonds. The molecule has 0 heterocycles. The number of carbonyl (C=O) groups excluding carboxylic acids is 3. The first-order valence-corrected chi connectivity index (χ1v) is 22.9. The van der Waals surface area contributed by atoms with E-state index in [0.717, 1.165) is 50.1 Å². The predicted octanol–water partition coefficient (Wildman–Crippen LogP) is 11.6. The monoisotopic (exact) mass is 750 g/mol. The third-order valence-electron chi connectivity index (χ3n) is 13.3. The van der Waals surface area contributed by atoms with Crippen molar-refractivity contribution in [2.45, 2.75) is 183 Å². The van der Waals surface area contributed by atoms with Gasteiger partial charge in [0, 0.05) is 31.3 Å². The first-order valence-electron chi connectivity index (χ1n) is 22.9. The Bertz CT molecular complexity index is 1180. The van der Waals surface area contributed by atoms with Gasteiger partial charge in [-0.2, -0.15) is 0 Å². The second-order valence-electron chi connectivity index (χ2n) is 18.6. The van der Waals surface area contributed by atoms with Gasteiger partial charge in [-0.25, -0.2) is 0 Å². The molecule has 1 aromatic carbocycles. The van der Waals surface area contributed by atoms with Gasteiger partial charge in [0.25, 0.3) is 0 Å². The Morgan fingerprint density at radius 2 is 1.20 bits per heavy atom. The molecule has 0 radical (unpaired) electrons. The summed E-state index contributed by atoms with van der Waals surface area (Å²) < 4.78 is 0. The van der Waals surface area contributed by atoms with Crippen LogP contribution < -0.4 is 16.0 Å². The van der Waals surface area contributed by atoms with E-state index in [2.05, 4.69) is 57.5 Å². The average molecular weight is 750 g/mol. The highest BCUT2D eigenvalue weighted by atomic mass is 16.2. The van der Waals surface area contributed by atoms with Crippen molar-refractivity contribution in [2.24, 2.45) is 53.3 Å². The van der Waals surface area contributed by atoms with Crippen molar-refractivity contribution in [3.8, 4) is 0 Å². The molecule has 8 atom stereocenters. The van der Waals surface area contributed by atoms with E-state index < -0.39 is 0 Å². The third kappa shape index (κ3) is 16.8. The molecule has 0 aromatic heterocycles. The molecule has 6 nitrogen and oxygen atoms in total. The van der Waals surface area contributed by atoms with E-state index >= 15 is 0 Å². The van der Waals surface area contributed by atoms with Crippen molar-refractivity contribution in [3.63, 3.8) is 0 Å². The van der Waals surface area contributed by atoms with Crippen LogP contribution in [0.3, 0.4) is 0 Å². The minimum atomic E-state index is -0.210. The van der Waals surface area contributed by atoms with Crippen LogP contribution in [0.2, 0.25) is 0 Å². The number of carbonyl (C=O) groups is 3. The van der Waals surface area contributed by atoms with Crippen molar-refractivity contribution in [1.29, 1.82) is 0 Å². The van der Waals surface area contributed by atoms with E-state index in [9.17, 15) is 14.4 Å². The molecule has 2 aliphatic carbocycles. The Hall–Kier alpha value is -2.37. The zero-order valence-electron chi connectivity index (χ0n) is 35.9. The molecule has 1 aromatic rings. The van der Waals surface area contributed by atoms with Crippen molar-refractivity contribution >= 4 is 17.7 Å². The largest absolute Gasteiger partial charge is 0.356 e. The highest BCUT2D eigenvalue weighted by Gasteiger charge is 2.37. The quantitative estimate of drug-likeness (QED) is 0.0870. The summed E-state index contributed by atoms with van der Waals surface area (Å²) in [7, 11) is 0. The van der Waals surface area contributed by atoms with E-state index in [1.165, 1.54) is 89.9 Å². The molecule has 0 spiro atoms. The van der Waals surface area contributed by atoms with Crippen LogP contribution in [0.15, 0.2) is 30.3 Å². The molecular formula is C48H83N3O3. The summed E-state index contributed by atoms with van der Waals surface area (Å²) in [5.41, 5.74) is 1.04. The maximum Gasteiger partial charge on any atom is 0.223 e. The molecule has 0 saturated heterocycles. The van der Waals surface area contributed by atoms with Gasteiger partial charge >= 0.3 is 0 Å². The number of benzene rings is 1. The molecule has 6 heteroatoms. The van der Waals surface area contributed by atoms with Crippen LogP contribution in [0.1, 0.15) is 188 Å². The first-order chi connectivity index (χ1) is 26.0. The highest BCUT2D eigenvalue weighted by molar-refractivity contribution is 5.80. The highest BCUT2D eigenvalue weighted by Crippen LogP contribution is 2.41. The van der Waals surface area contributed by atoms with Gasteiger partial charge in [0.1, 0.15) is 0 Å². The van der Waals surface area contributed by atoms with Crippen LogP contribution in [0, 0.1) is 53.3 Å². The summed E-state index contributed by atoms with van der Waals surface area (Å²) in [5, 5.41) is 9.61. The molecule has 1 unspecified atom stereocenters. The van der Waals surface area contributed by atoms with Crippen molar-refractivity contribution in [3.05, 3.63) is 35.9 Å². The van der Waals surface area contributed by atoms with E-state index in [-0.39, 0.29) is 29.7 Å².